The highest BCUT2D eigenvalue weighted by atomic mass is 16.5. The van der Waals surface area contributed by atoms with E-state index in [1.807, 2.05) is 6.07 Å². The lowest BCUT2D eigenvalue weighted by Crippen LogP contribution is -2.44. The average Bonchev–Trinajstić information content (AvgIpc) is 2.80. The first-order chi connectivity index (χ1) is 14.6. The lowest BCUT2D eigenvalue weighted by molar-refractivity contribution is -0.162. The Hall–Kier alpha value is -3.52. The number of hydrogen-bond acceptors (Lipinski definition) is 6. The number of morpholine rings is 1. The first-order valence-electron chi connectivity index (χ1n) is 9.71. The van der Waals surface area contributed by atoms with Crippen molar-refractivity contribution in [3.05, 3.63) is 76.2 Å². The highest BCUT2D eigenvalue weighted by Gasteiger charge is 2.30. The Kier molecular flexibility index (Phi) is 5.85. The summed E-state index contributed by atoms with van der Waals surface area (Å²) < 4.78 is 10.9. The molecule has 8 heteroatoms. The predicted octanol–water partition coefficient (Wildman–Crippen LogP) is 1.61. The van der Waals surface area contributed by atoms with Gasteiger partial charge >= 0.3 is 5.97 Å². The number of hydrogen-bond donors (Lipinski definition) is 1. The first kappa shape index (κ1) is 19.8. The van der Waals surface area contributed by atoms with E-state index in [0.717, 1.165) is 0 Å². The Bertz CT molecular complexity index is 1110. The van der Waals surface area contributed by atoms with Crippen LogP contribution in [0.4, 0.5) is 0 Å². The Morgan fingerprint density at radius 1 is 1.03 bits per heavy atom. The maximum atomic E-state index is 13.1. The van der Waals surface area contributed by atoms with Crippen molar-refractivity contribution < 1.29 is 19.1 Å². The number of H-pyrrole nitrogens is 1. The number of esters is 1. The summed E-state index contributed by atoms with van der Waals surface area (Å²) in [7, 11) is 0. The third-order valence-corrected chi connectivity index (χ3v) is 4.99. The number of carbonyl (C=O) groups excluding carboxylic acids is 2. The average molecular weight is 407 g/mol. The molecule has 2 aromatic carbocycles. The molecule has 1 aliphatic heterocycles. The van der Waals surface area contributed by atoms with E-state index in [1.54, 1.807) is 53.4 Å². The molecular formula is C22H21N3O5. The van der Waals surface area contributed by atoms with E-state index < -0.39 is 12.1 Å². The molecule has 0 saturated carbocycles. The largest absolute Gasteiger partial charge is 0.447 e. The van der Waals surface area contributed by atoms with Crippen molar-refractivity contribution in [1.82, 2.24) is 15.1 Å². The van der Waals surface area contributed by atoms with Gasteiger partial charge in [-0.1, -0.05) is 48.5 Å². The number of aromatic amines is 1. The standard InChI is InChI=1S/C22H21N3O5/c26-19(14-18-16-8-4-5-9-17(16)21(27)24-23-18)30-20(15-6-2-1-3-7-15)22(28)25-10-12-29-13-11-25/h1-9,20H,10-14H2,(H,24,27)/t20-/m0/s1. The molecule has 154 valence electrons. The quantitative estimate of drug-likeness (QED) is 0.645. The van der Waals surface area contributed by atoms with Gasteiger partial charge in [0, 0.05) is 24.0 Å². The smallest absolute Gasteiger partial charge is 0.313 e. The maximum Gasteiger partial charge on any atom is 0.313 e. The number of fused-ring (bicyclic) bond motifs is 1. The Balaban J connectivity index is 1.57. The summed E-state index contributed by atoms with van der Waals surface area (Å²) >= 11 is 0. The molecule has 2 heterocycles. The van der Waals surface area contributed by atoms with E-state index in [2.05, 4.69) is 10.2 Å². The topological polar surface area (TPSA) is 102 Å². The molecule has 1 fully saturated rings. The zero-order chi connectivity index (χ0) is 20.9. The summed E-state index contributed by atoms with van der Waals surface area (Å²) in [5.74, 6) is -0.882. The molecule has 0 spiro atoms. The van der Waals surface area contributed by atoms with Crippen LogP contribution in [-0.2, 0) is 25.5 Å². The summed E-state index contributed by atoms with van der Waals surface area (Å²) in [4.78, 5) is 39.4. The molecule has 4 rings (SSSR count). The fourth-order valence-corrected chi connectivity index (χ4v) is 3.45. The third kappa shape index (κ3) is 4.23. The Morgan fingerprint density at radius 2 is 1.70 bits per heavy atom. The van der Waals surface area contributed by atoms with Crippen molar-refractivity contribution in [3.63, 3.8) is 0 Å². The molecule has 3 aromatic rings. The molecule has 1 N–H and O–H groups in total. The number of ether oxygens (including phenoxy) is 2. The van der Waals surface area contributed by atoms with Crippen molar-refractivity contribution in [1.29, 1.82) is 0 Å². The molecule has 1 atom stereocenters. The second kappa shape index (κ2) is 8.87. The Morgan fingerprint density at radius 3 is 2.43 bits per heavy atom. The lowest BCUT2D eigenvalue weighted by Gasteiger charge is -2.30. The molecule has 0 unspecified atom stereocenters. The molecular weight excluding hydrogens is 386 g/mol. The minimum absolute atomic E-state index is 0.170. The second-order valence-electron chi connectivity index (χ2n) is 6.94. The summed E-state index contributed by atoms with van der Waals surface area (Å²) in [6, 6.07) is 15.8. The minimum atomic E-state index is -1.05. The van der Waals surface area contributed by atoms with Crippen molar-refractivity contribution in [3.8, 4) is 0 Å². The summed E-state index contributed by atoms with van der Waals surface area (Å²) in [5.41, 5.74) is 0.662. The predicted molar refractivity (Wildman–Crippen MR) is 109 cm³/mol. The monoisotopic (exact) mass is 407 g/mol. The number of nitrogens with zero attached hydrogens (tertiary/aromatic N) is 2. The van der Waals surface area contributed by atoms with Crippen LogP contribution < -0.4 is 5.56 Å². The van der Waals surface area contributed by atoms with Crippen LogP contribution in [0.2, 0.25) is 0 Å². The van der Waals surface area contributed by atoms with Gasteiger partial charge in [0.05, 0.1) is 30.7 Å². The van der Waals surface area contributed by atoms with Crippen molar-refractivity contribution in [2.45, 2.75) is 12.5 Å². The Labute approximate surface area is 172 Å². The fraction of sp³-hybridized carbons (Fsp3) is 0.273. The number of carbonyl (C=O) groups is 2. The van der Waals surface area contributed by atoms with Crippen LogP contribution in [0.25, 0.3) is 10.8 Å². The van der Waals surface area contributed by atoms with E-state index in [4.69, 9.17) is 9.47 Å². The molecule has 1 saturated heterocycles. The molecule has 0 radical (unpaired) electrons. The summed E-state index contributed by atoms with van der Waals surface area (Å²) in [6.07, 6.45) is -1.22. The molecule has 30 heavy (non-hydrogen) atoms. The minimum Gasteiger partial charge on any atom is -0.447 e. The van der Waals surface area contributed by atoms with Gasteiger partial charge in [0.25, 0.3) is 11.5 Å². The number of amides is 1. The summed E-state index contributed by atoms with van der Waals surface area (Å²) in [6.45, 7) is 1.81. The van der Waals surface area contributed by atoms with E-state index in [-0.39, 0.29) is 17.9 Å². The van der Waals surface area contributed by atoms with Gasteiger partial charge in [-0.25, -0.2) is 5.10 Å². The van der Waals surface area contributed by atoms with Crippen molar-refractivity contribution >= 4 is 22.6 Å². The van der Waals surface area contributed by atoms with Crippen molar-refractivity contribution in [2.75, 3.05) is 26.3 Å². The van der Waals surface area contributed by atoms with Gasteiger partial charge in [-0.3, -0.25) is 14.4 Å². The van der Waals surface area contributed by atoms with E-state index >= 15 is 0 Å². The zero-order valence-corrected chi connectivity index (χ0v) is 16.2. The fourth-order valence-electron chi connectivity index (χ4n) is 3.45. The van der Waals surface area contributed by atoms with E-state index in [0.29, 0.717) is 48.3 Å². The van der Waals surface area contributed by atoms with Crippen LogP contribution in [0.3, 0.4) is 0 Å². The van der Waals surface area contributed by atoms with Crippen LogP contribution in [0.1, 0.15) is 17.4 Å². The van der Waals surface area contributed by atoms with Gasteiger partial charge in [-0.15, -0.1) is 0 Å². The zero-order valence-electron chi connectivity index (χ0n) is 16.2. The third-order valence-electron chi connectivity index (χ3n) is 4.99. The van der Waals surface area contributed by atoms with E-state index in [1.165, 1.54) is 0 Å². The van der Waals surface area contributed by atoms with Crippen LogP contribution >= 0.6 is 0 Å². The van der Waals surface area contributed by atoms with E-state index in [9.17, 15) is 14.4 Å². The van der Waals surface area contributed by atoms with Gasteiger partial charge in [0.2, 0.25) is 6.10 Å². The van der Waals surface area contributed by atoms with Gasteiger partial charge in [0.1, 0.15) is 0 Å². The number of nitrogens with one attached hydrogen (secondary N) is 1. The van der Waals surface area contributed by atoms with Gasteiger partial charge < -0.3 is 14.4 Å². The normalized spacial score (nSPS) is 15.0. The SMILES string of the molecule is O=C(Cc1n[nH]c(=O)c2ccccc12)O[C@H](C(=O)N1CCOCC1)c1ccccc1. The second-order valence-corrected chi connectivity index (χ2v) is 6.94. The number of benzene rings is 2. The highest BCUT2D eigenvalue weighted by Crippen LogP contribution is 2.22. The van der Waals surface area contributed by atoms with Gasteiger partial charge in [-0.2, -0.15) is 5.10 Å². The number of aromatic nitrogens is 2. The van der Waals surface area contributed by atoms with Crippen LogP contribution in [0, 0.1) is 0 Å². The molecule has 1 aliphatic rings. The first-order valence-corrected chi connectivity index (χ1v) is 9.71. The maximum absolute atomic E-state index is 13.1. The molecule has 0 bridgehead atoms. The van der Waals surface area contributed by atoms with Crippen LogP contribution in [0.5, 0.6) is 0 Å². The molecule has 0 aliphatic carbocycles. The lowest BCUT2D eigenvalue weighted by atomic mass is 10.1. The molecule has 1 aromatic heterocycles. The van der Waals surface area contributed by atoms with Crippen LogP contribution in [0.15, 0.2) is 59.4 Å². The summed E-state index contributed by atoms with van der Waals surface area (Å²) in [5, 5.41) is 7.44. The number of rotatable bonds is 5. The van der Waals surface area contributed by atoms with Crippen LogP contribution in [-0.4, -0.2) is 53.3 Å². The van der Waals surface area contributed by atoms with Gasteiger partial charge in [-0.05, 0) is 6.07 Å². The van der Waals surface area contributed by atoms with Crippen molar-refractivity contribution in [2.24, 2.45) is 0 Å². The molecule has 8 nitrogen and oxygen atoms in total. The molecule has 1 amide bonds. The van der Waals surface area contributed by atoms with Gasteiger partial charge in [0.15, 0.2) is 0 Å². The highest BCUT2D eigenvalue weighted by molar-refractivity contribution is 5.89.